The Balaban J connectivity index is 2.54. The fraction of sp³-hybridized carbons (Fsp3) is 0.364. The Kier molecular flexibility index (Phi) is 2.99. The van der Waals surface area contributed by atoms with Crippen molar-refractivity contribution in [2.75, 3.05) is 7.11 Å². The van der Waals surface area contributed by atoms with E-state index in [2.05, 4.69) is 0 Å². The summed E-state index contributed by atoms with van der Waals surface area (Å²) in [5, 5.41) is -0.564. The van der Waals surface area contributed by atoms with Gasteiger partial charge in [0.15, 0.2) is 0 Å². The van der Waals surface area contributed by atoms with Crippen LogP contribution >= 0.6 is 11.8 Å². The fourth-order valence-corrected chi connectivity index (χ4v) is 3.12. The second-order valence-corrected chi connectivity index (χ2v) is 4.73. The molecule has 0 spiro atoms. The Bertz CT molecular complexity index is 448. The first kappa shape index (κ1) is 11.5. The molecule has 1 aromatic rings. The van der Waals surface area contributed by atoms with Crippen molar-refractivity contribution >= 4 is 17.5 Å². The van der Waals surface area contributed by atoms with E-state index in [4.69, 9.17) is 4.74 Å². The minimum atomic E-state index is -0.701. The number of benzene rings is 1. The van der Waals surface area contributed by atoms with Crippen LogP contribution < -0.4 is 0 Å². The van der Waals surface area contributed by atoms with E-state index < -0.39 is 23.0 Å². The number of thioether (sulfide) groups is 1. The molecule has 16 heavy (non-hydrogen) atoms. The molecule has 86 valence electrons. The highest BCUT2D eigenvalue weighted by molar-refractivity contribution is 8.01. The summed E-state index contributed by atoms with van der Waals surface area (Å²) < 4.78 is 32.1. The predicted octanol–water partition coefficient (Wildman–Crippen LogP) is 2.72. The second kappa shape index (κ2) is 4.14. The number of rotatable bonds is 2. The van der Waals surface area contributed by atoms with Gasteiger partial charge in [0.05, 0.1) is 10.1 Å². The van der Waals surface area contributed by atoms with Crippen LogP contribution in [0.3, 0.4) is 0 Å². The molecule has 0 amide bonds. The smallest absolute Gasteiger partial charge is 0.146 e. The van der Waals surface area contributed by atoms with E-state index in [1.54, 1.807) is 0 Å². The lowest BCUT2D eigenvalue weighted by atomic mass is 10.0. The number of hydrogen-bond donors (Lipinski definition) is 0. The lowest BCUT2D eigenvalue weighted by Crippen LogP contribution is -2.20. The molecule has 2 unspecified atom stereocenters. The summed E-state index contributed by atoms with van der Waals surface area (Å²) in [5.74, 6) is -1.18. The summed E-state index contributed by atoms with van der Waals surface area (Å²) in [5.41, 5.74) is 0.160. The molecule has 0 saturated heterocycles. The highest BCUT2D eigenvalue weighted by Crippen LogP contribution is 2.48. The third-order valence-corrected chi connectivity index (χ3v) is 4.04. The Hall–Kier alpha value is -0.940. The summed E-state index contributed by atoms with van der Waals surface area (Å²) >= 11 is 1.03. The van der Waals surface area contributed by atoms with Crippen molar-refractivity contribution in [1.29, 1.82) is 0 Å². The average molecular weight is 244 g/mol. The van der Waals surface area contributed by atoms with E-state index in [9.17, 15) is 13.6 Å². The topological polar surface area (TPSA) is 26.3 Å². The van der Waals surface area contributed by atoms with Crippen molar-refractivity contribution in [3.63, 3.8) is 0 Å². The van der Waals surface area contributed by atoms with Crippen molar-refractivity contribution in [2.24, 2.45) is 0 Å². The van der Waals surface area contributed by atoms with E-state index in [0.29, 0.717) is 0 Å². The van der Waals surface area contributed by atoms with Crippen LogP contribution in [0, 0.1) is 11.6 Å². The van der Waals surface area contributed by atoms with Crippen LogP contribution in [-0.4, -0.2) is 18.1 Å². The van der Waals surface area contributed by atoms with E-state index in [1.165, 1.54) is 14.0 Å². The van der Waals surface area contributed by atoms with Crippen LogP contribution in [0.2, 0.25) is 0 Å². The Labute approximate surface area is 96.0 Å². The molecule has 0 saturated carbocycles. The first-order chi connectivity index (χ1) is 7.56. The SMILES string of the molecule is COC1c2c(F)ccc(F)c2SC1C(C)=O. The van der Waals surface area contributed by atoms with Crippen molar-refractivity contribution in [2.45, 2.75) is 23.2 Å². The highest BCUT2D eigenvalue weighted by Gasteiger charge is 2.40. The van der Waals surface area contributed by atoms with Gasteiger partial charge in [0.2, 0.25) is 0 Å². The monoisotopic (exact) mass is 244 g/mol. The van der Waals surface area contributed by atoms with Gasteiger partial charge in [0.1, 0.15) is 23.5 Å². The number of fused-ring (bicyclic) bond motifs is 1. The third-order valence-electron chi connectivity index (χ3n) is 2.55. The largest absolute Gasteiger partial charge is 0.375 e. The zero-order valence-electron chi connectivity index (χ0n) is 8.79. The van der Waals surface area contributed by atoms with Crippen molar-refractivity contribution in [3.8, 4) is 0 Å². The molecule has 0 fully saturated rings. The normalized spacial score (nSPS) is 23.2. The molecule has 0 bridgehead atoms. The van der Waals surface area contributed by atoms with E-state index in [-0.39, 0.29) is 16.2 Å². The molecular formula is C11H10F2O2S. The zero-order valence-corrected chi connectivity index (χ0v) is 9.61. The molecule has 1 aliphatic heterocycles. The van der Waals surface area contributed by atoms with Gasteiger partial charge in [-0.1, -0.05) is 0 Å². The third kappa shape index (κ3) is 1.64. The average Bonchev–Trinajstić information content (AvgIpc) is 2.64. The molecule has 2 atom stereocenters. The van der Waals surface area contributed by atoms with Gasteiger partial charge in [-0.3, -0.25) is 4.79 Å². The number of methoxy groups -OCH3 is 1. The van der Waals surface area contributed by atoms with E-state index >= 15 is 0 Å². The maximum Gasteiger partial charge on any atom is 0.146 e. The minimum absolute atomic E-state index is 0.146. The summed E-state index contributed by atoms with van der Waals surface area (Å²) in [4.78, 5) is 11.5. The molecule has 1 aromatic carbocycles. The molecule has 0 aromatic heterocycles. The summed E-state index contributed by atoms with van der Waals surface area (Å²) in [6, 6.07) is 2.12. The van der Waals surface area contributed by atoms with Gasteiger partial charge in [0.25, 0.3) is 0 Å². The lowest BCUT2D eigenvalue weighted by Gasteiger charge is -2.15. The maximum atomic E-state index is 13.6. The van der Waals surface area contributed by atoms with Crippen LogP contribution in [-0.2, 0) is 9.53 Å². The van der Waals surface area contributed by atoms with Crippen LogP contribution in [0.1, 0.15) is 18.6 Å². The first-order valence-electron chi connectivity index (χ1n) is 4.74. The molecule has 0 N–H and O–H groups in total. The number of Topliss-reactive ketones (excluding diaryl/α,β-unsaturated/α-hetero) is 1. The standard InChI is InChI=1S/C11H10F2O2S/c1-5(14)10-9(15-2)8-6(12)3-4-7(13)11(8)16-10/h3-4,9-10H,1-2H3. The van der Waals surface area contributed by atoms with Gasteiger partial charge < -0.3 is 4.74 Å². The highest BCUT2D eigenvalue weighted by atomic mass is 32.2. The summed E-state index contributed by atoms with van der Waals surface area (Å²) in [7, 11) is 1.39. The van der Waals surface area contributed by atoms with Crippen LogP contribution in [0.5, 0.6) is 0 Å². The molecule has 1 heterocycles. The molecule has 5 heteroatoms. The minimum Gasteiger partial charge on any atom is -0.375 e. The molecule has 0 radical (unpaired) electrons. The van der Waals surface area contributed by atoms with Gasteiger partial charge in [-0.25, -0.2) is 8.78 Å². The van der Waals surface area contributed by atoms with E-state index in [0.717, 1.165) is 23.9 Å². The van der Waals surface area contributed by atoms with Crippen molar-refractivity contribution in [1.82, 2.24) is 0 Å². The zero-order chi connectivity index (χ0) is 11.9. The Morgan fingerprint density at radius 2 is 2.00 bits per heavy atom. The van der Waals surface area contributed by atoms with Gasteiger partial charge in [-0.15, -0.1) is 11.8 Å². The number of ether oxygens (including phenoxy) is 1. The number of ketones is 1. The van der Waals surface area contributed by atoms with Crippen LogP contribution in [0.15, 0.2) is 17.0 Å². The predicted molar refractivity (Wildman–Crippen MR) is 56.4 cm³/mol. The molecule has 0 aliphatic carbocycles. The molecular weight excluding hydrogens is 234 g/mol. The van der Waals surface area contributed by atoms with Gasteiger partial charge in [-0.2, -0.15) is 0 Å². The number of carbonyl (C=O) groups excluding carboxylic acids is 1. The van der Waals surface area contributed by atoms with Gasteiger partial charge in [-0.05, 0) is 19.1 Å². The Morgan fingerprint density at radius 1 is 1.38 bits per heavy atom. The first-order valence-corrected chi connectivity index (χ1v) is 5.62. The quantitative estimate of drug-likeness (QED) is 0.800. The van der Waals surface area contributed by atoms with Crippen molar-refractivity contribution < 1.29 is 18.3 Å². The number of halogens is 2. The van der Waals surface area contributed by atoms with Crippen LogP contribution in [0.4, 0.5) is 8.78 Å². The van der Waals surface area contributed by atoms with Gasteiger partial charge in [0, 0.05) is 12.7 Å². The van der Waals surface area contributed by atoms with Crippen molar-refractivity contribution in [3.05, 3.63) is 29.3 Å². The summed E-state index contributed by atoms with van der Waals surface area (Å²) in [6.07, 6.45) is -0.701. The lowest BCUT2D eigenvalue weighted by molar-refractivity contribution is -0.118. The number of hydrogen-bond acceptors (Lipinski definition) is 3. The number of carbonyl (C=O) groups is 1. The molecule has 1 aliphatic rings. The van der Waals surface area contributed by atoms with Crippen LogP contribution in [0.25, 0.3) is 0 Å². The Morgan fingerprint density at radius 3 is 2.56 bits per heavy atom. The maximum absolute atomic E-state index is 13.6. The fourth-order valence-electron chi connectivity index (χ4n) is 1.81. The molecule has 2 rings (SSSR count). The second-order valence-electron chi connectivity index (χ2n) is 3.58. The van der Waals surface area contributed by atoms with E-state index in [1.807, 2.05) is 0 Å². The molecule has 2 nitrogen and oxygen atoms in total. The van der Waals surface area contributed by atoms with Gasteiger partial charge >= 0.3 is 0 Å². The summed E-state index contributed by atoms with van der Waals surface area (Å²) in [6.45, 7) is 1.39.